The van der Waals surface area contributed by atoms with Crippen molar-refractivity contribution >= 4 is 27.6 Å². The second-order valence-electron chi connectivity index (χ2n) is 8.58. The van der Waals surface area contributed by atoms with E-state index < -0.39 is 28.0 Å². The Balaban J connectivity index is 1.74. The van der Waals surface area contributed by atoms with Crippen LogP contribution in [0.2, 0.25) is 5.02 Å². The van der Waals surface area contributed by atoms with Crippen LogP contribution in [0, 0.1) is 0 Å². The summed E-state index contributed by atoms with van der Waals surface area (Å²) < 4.78 is 35.4. The van der Waals surface area contributed by atoms with E-state index in [0.717, 1.165) is 0 Å². The Kier molecular flexibility index (Phi) is 7.02. The van der Waals surface area contributed by atoms with Crippen molar-refractivity contribution in [1.29, 1.82) is 0 Å². The molecule has 0 spiro atoms. The predicted molar refractivity (Wildman–Crippen MR) is 131 cm³/mol. The molecule has 0 saturated carbocycles. The van der Waals surface area contributed by atoms with E-state index in [2.05, 4.69) is 0 Å². The van der Waals surface area contributed by atoms with Gasteiger partial charge in [-0.25, -0.2) is 8.42 Å². The van der Waals surface area contributed by atoms with Crippen molar-refractivity contribution in [1.82, 2.24) is 8.87 Å². The predicted octanol–water partition coefficient (Wildman–Crippen LogP) is 3.62. The summed E-state index contributed by atoms with van der Waals surface area (Å²) >= 11 is 6.47. The lowest BCUT2D eigenvalue weighted by Crippen LogP contribution is -2.35. The highest BCUT2D eigenvalue weighted by atomic mass is 35.5. The molecule has 0 bridgehead atoms. The number of rotatable bonds is 6. The molecule has 0 saturated heterocycles. The van der Waals surface area contributed by atoms with Gasteiger partial charge < -0.3 is 14.4 Å². The number of benzene rings is 2. The topological polar surface area (TPSA) is 106 Å². The normalized spacial score (nSPS) is 18.2. The molecule has 1 aromatic heterocycles. The largest absolute Gasteiger partial charge is 0.488 e. The molecule has 4 rings (SSSR count). The number of fused-ring (bicyclic) bond motifs is 1. The maximum Gasteiger partial charge on any atom is 0.304 e. The quantitative estimate of drug-likeness (QED) is 0.536. The Morgan fingerprint density at radius 1 is 1.17 bits per heavy atom. The molecule has 3 aromatic rings. The van der Waals surface area contributed by atoms with Crippen molar-refractivity contribution < 1.29 is 23.1 Å². The molecule has 8 nitrogen and oxygen atoms in total. The second-order valence-corrected chi connectivity index (χ2v) is 10.9. The standard InChI is InChI=1S/C25H25ClN2O6S/c1-16-14-28(35(32,33)23-6-4-3-5-22(23)34-16)15-19-11-17(7-8-21(19)26)20(13-25(30)31)18-9-10-27(2)24(29)12-18/h3-12,16,20H,13-15H2,1-2H3,(H,30,31)/t16-,20?/m1/s1. The minimum atomic E-state index is -3.87. The summed E-state index contributed by atoms with van der Waals surface area (Å²) in [4.78, 5) is 23.9. The molecule has 2 aromatic carbocycles. The Morgan fingerprint density at radius 3 is 2.60 bits per heavy atom. The highest BCUT2D eigenvalue weighted by Gasteiger charge is 2.33. The van der Waals surface area contributed by atoms with E-state index >= 15 is 0 Å². The summed E-state index contributed by atoms with van der Waals surface area (Å²) in [5, 5.41) is 9.88. The van der Waals surface area contributed by atoms with Crippen molar-refractivity contribution in [3.05, 3.63) is 92.9 Å². The summed E-state index contributed by atoms with van der Waals surface area (Å²) in [5.74, 6) is -1.33. The van der Waals surface area contributed by atoms with Crippen LogP contribution in [-0.2, 0) is 28.4 Å². The monoisotopic (exact) mass is 516 g/mol. The van der Waals surface area contributed by atoms with E-state index in [1.54, 1.807) is 62.6 Å². The molecule has 1 unspecified atom stereocenters. The Labute approximate surface area is 208 Å². The first-order valence-electron chi connectivity index (χ1n) is 11.0. The number of pyridine rings is 1. The van der Waals surface area contributed by atoms with Gasteiger partial charge in [0.2, 0.25) is 10.0 Å². The average Bonchev–Trinajstić information content (AvgIpc) is 2.89. The fourth-order valence-electron chi connectivity index (χ4n) is 4.19. The number of hydrogen-bond donors (Lipinski definition) is 1. The summed E-state index contributed by atoms with van der Waals surface area (Å²) in [6.45, 7) is 1.89. The molecule has 2 heterocycles. The molecule has 2 atom stereocenters. The number of aromatic nitrogens is 1. The zero-order valence-electron chi connectivity index (χ0n) is 19.2. The van der Waals surface area contributed by atoms with E-state index in [1.807, 2.05) is 0 Å². The van der Waals surface area contributed by atoms with Crippen LogP contribution in [0.4, 0.5) is 0 Å². The van der Waals surface area contributed by atoms with Gasteiger partial charge in [0.05, 0.1) is 13.0 Å². The number of sulfonamides is 1. The number of halogens is 1. The highest BCUT2D eigenvalue weighted by Crippen LogP contribution is 2.34. The first-order valence-corrected chi connectivity index (χ1v) is 12.8. The third-order valence-corrected chi connectivity index (χ3v) is 8.20. The average molecular weight is 517 g/mol. The summed E-state index contributed by atoms with van der Waals surface area (Å²) in [6, 6.07) is 14.7. The zero-order valence-corrected chi connectivity index (χ0v) is 20.8. The minimum Gasteiger partial charge on any atom is -0.488 e. The Bertz CT molecular complexity index is 1440. The first-order chi connectivity index (χ1) is 16.6. The third-order valence-electron chi connectivity index (χ3n) is 5.98. The molecule has 1 aliphatic heterocycles. The molecule has 0 amide bonds. The summed E-state index contributed by atoms with van der Waals surface area (Å²) in [7, 11) is -2.26. The van der Waals surface area contributed by atoms with Crippen LogP contribution in [0.3, 0.4) is 0 Å². The highest BCUT2D eigenvalue weighted by molar-refractivity contribution is 7.89. The second kappa shape index (κ2) is 9.85. The van der Waals surface area contributed by atoms with Gasteiger partial charge in [-0.3, -0.25) is 9.59 Å². The van der Waals surface area contributed by atoms with Crippen LogP contribution in [0.25, 0.3) is 0 Å². The number of nitrogens with zero attached hydrogens (tertiary/aromatic N) is 2. The van der Waals surface area contributed by atoms with Crippen molar-refractivity contribution in [3.63, 3.8) is 0 Å². The van der Waals surface area contributed by atoms with Crippen LogP contribution in [-0.4, -0.2) is 41.0 Å². The van der Waals surface area contributed by atoms with Gasteiger partial charge in [-0.2, -0.15) is 4.31 Å². The van der Waals surface area contributed by atoms with Gasteiger partial charge in [0.25, 0.3) is 5.56 Å². The lowest BCUT2D eigenvalue weighted by Gasteiger charge is -2.23. The summed E-state index contributed by atoms with van der Waals surface area (Å²) in [5.41, 5.74) is 1.45. The third kappa shape index (κ3) is 5.27. The van der Waals surface area contributed by atoms with Gasteiger partial charge in [-0.1, -0.05) is 35.9 Å². The molecule has 0 aliphatic carbocycles. The van der Waals surface area contributed by atoms with Gasteiger partial charge in [0.15, 0.2) is 0 Å². The van der Waals surface area contributed by atoms with Gasteiger partial charge in [-0.05, 0) is 47.9 Å². The van der Waals surface area contributed by atoms with Crippen molar-refractivity contribution in [3.8, 4) is 5.75 Å². The van der Waals surface area contributed by atoms with E-state index in [4.69, 9.17) is 16.3 Å². The first kappa shape index (κ1) is 25.0. The Hall–Kier alpha value is -3.14. The molecule has 184 valence electrons. The van der Waals surface area contributed by atoms with Crippen molar-refractivity contribution in [2.75, 3.05) is 6.54 Å². The van der Waals surface area contributed by atoms with Crippen LogP contribution in [0.15, 0.2) is 70.5 Å². The number of aryl methyl sites for hydroxylation is 1. The minimum absolute atomic E-state index is 0.0204. The molecule has 0 fully saturated rings. The zero-order chi connectivity index (χ0) is 25.3. The Morgan fingerprint density at radius 2 is 1.89 bits per heavy atom. The number of aliphatic carboxylic acids is 1. The number of hydrogen-bond acceptors (Lipinski definition) is 5. The van der Waals surface area contributed by atoms with Gasteiger partial charge in [0.1, 0.15) is 16.7 Å². The maximum absolute atomic E-state index is 13.4. The molecule has 10 heteroatoms. The van der Waals surface area contributed by atoms with Gasteiger partial charge in [0, 0.05) is 36.8 Å². The smallest absolute Gasteiger partial charge is 0.304 e. The number of carbonyl (C=O) groups is 1. The van der Waals surface area contributed by atoms with E-state index in [-0.39, 0.29) is 30.0 Å². The molecular weight excluding hydrogens is 492 g/mol. The fraction of sp³-hybridized carbons (Fsp3) is 0.280. The van der Waals surface area contributed by atoms with Gasteiger partial charge in [-0.15, -0.1) is 0 Å². The molecule has 35 heavy (non-hydrogen) atoms. The number of para-hydroxylation sites is 1. The molecule has 1 N–H and O–H groups in total. The van der Waals surface area contributed by atoms with Crippen LogP contribution < -0.4 is 10.3 Å². The van der Waals surface area contributed by atoms with Crippen LogP contribution in [0.1, 0.15) is 36.0 Å². The molecular formula is C25H25ClN2O6S. The fourth-order valence-corrected chi connectivity index (χ4v) is 5.99. The van der Waals surface area contributed by atoms with Crippen molar-refractivity contribution in [2.45, 2.75) is 36.8 Å². The van der Waals surface area contributed by atoms with E-state index in [1.165, 1.54) is 21.0 Å². The van der Waals surface area contributed by atoms with Crippen molar-refractivity contribution in [2.24, 2.45) is 7.05 Å². The maximum atomic E-state index is 13.4. The lowest BCUT2D eigenvalue weighted by molar-refractivity contribution is -0.137. The number of carboxylic acid groups (broad SMARTS) is 1. The molecule has 0 radical (unpaired) electrons. The summed E-state index contributed by atoms with van der Waals surface area (Å²) in [6.07, 6.45) is 0.955. The number of carboxylic acids is 1. The molecule has 1 aliphatic rings. The van der Waals surface area contributed by atoms with Crippen LogP contribution >= 0.6 is 11.6 Å². The van der Waals surface area contributed by atoms with Gasteiger partial charge >= 0.3 is 5.97 Å². The lowest BCUT2D eigenvalue weighted by atomic mass is 9.88. The number of ether oxygens (including phenoxy) is 1. The SMILES string of the molecule is C[C@@H]1CN(Cc2cc(C(CC(=O)O)c3ccn(C)c(=O)c3)ccc2Cl)S(=O)(=O)c2ccccc2O1. The van der Waals surface area contributed by atoms with E-state index in [9.17, 15) is 23.1 Å². The van der Waals surface area contributed by atoms with Crippen LogP contribution in [0.5, 0.6) is 5.75 Å². The van der Waals surface area contributed by atoms with E-state index in [0.29, 0.717) is 27.5 Å².